The lowest BCUT2D eigenvalue weighted by Gasteiger charge is -2.25. The van der Waals surface area contributed by atoms with Gasteiger partial charge in [-0.1, -0.05) is 89.9 Å². The van der Waals surface area contributed by atoms with Gasteiger partial charge >= 0.3 is 0 Å². The first kappa shape index (κ1) is 13.6. The van der Waals surface area contributed by atoms with Gasteiger partial charge in [-0.25, -0.2) is 0 Å². The molecule has 0 aromatic heterocycles. The second kappa shape index (κ2) is 8.34. The second-order valence-electron chi connectivity index (χ2n) is 6.25. The molecule has 2 rings (SSSR count). The molecule has 0 nitrogen and oxygen atoms in total. The summed E-state index contributed by atoms with van der Waals surface area (Å²) < 4.78 is 0. The van der Waals surface area contributed by atoms with E-state index < -0.39 is 0 Å². The number of rotatable bonds is 2. The topological polar surface area (TPSA) is 0 Å². The SMILES string of the molecule is C1CCCC([Si]C2CCCCCCC2)CCC1. The van der Waals surface area contributed by atoms with Crippen molar-refractivity contribution in [2.75, 3.05) is 0 Å². The van der Waals surface area contributed by atoms with Gasteiger partial charge in [-0.05, 0) is 11.1 Å². The van der Waals surface area contributed by atoms with Crippen LogP contribution in [0.1, 0.15) is 89.9 Å². The summed E-state index contributed by atoms with van der Waals surface area (Å²) in [6, 6.07) is 0. The highest BCUT2D eigenvalue weighted by Crippen LogP contribution is 2.34. The third-order valence-corrected chi connectivity index (χ3v) is 6.78. The lowest BCUT2D eigenvalue weighted by molar-refractivity contribution is 0.477. The zero-order valence-electron chi connectivity index (χ0n) is 11.6. The maximum absolute atomic E-state index is 1.56. The molecule has 0 saturated heterocycles. The molecule has 0 aromatic carbocycles. The minimum atomic E-state index is 1.12. The van der Waals surface area contributed by atoms with Gasteiger partial charge in [0.15, 0.2) is 0 Å². The Kier molecular flexibility index (Phi) is 6.69. The Labute approximate surface area is 111 Å². The van der Waals surface area contributed by atoms with Gasteiger partial charge in [-0.3, -0.25) is 0 Å². The van der Waals surface area contributed by atoms with Gasteiger partial charge in [-0.15, -0.1) is 0 Å². The molecule has 0 N–H and O–H groups in total. The molecule has 2 aliphatic rings. The van der Waals surface area contributed by atoms with Crippen molar-refractivity contribution in [1.82, 2.24) is 0 Å². The van der Waals surface area contributed by atoms with Crippen LogP contribution in [0.3, 0.4) is 0 Å². The van der Waals surface area contributed by atoms with Crippen LogP contribution in [0.4, 0.5) is 0 Å². The van der Waals surface area contributed by atoms with Gasteiger partial charge in [0.1, 0.15) is 0 Å². The normalized spacial score (nSPS) is 26.8. The van der Waals surface area contributed by atoms with Crippen molar-refractivity contribution >= 4 is 9.52 Å². The van der Waals surface area contributed by atoms with Gasteiger partial charge in [0.05, 0.1) is 0 Å². The van der Waals surface area contributed by atoms with E-state index in [1.807, 2.05) is 0 Å². The van der Waals surface area contributed by atoms with E-state index in [1.54, 1.807) is 25.7 Å². The summed E-state index contributed by atoms with van der Waals surface area (Å²) in [6.45, 7) is 0. The van der Waals surface area contributed by atoms with E-state index in [9.17, 15) is 0 Å². The van der Waals surface area contributed by atoms with Crippen LogP contribution in [0.5, 0.6) is 0 Å². The molecule has 17 heavy (non-hydrogen) atoms. The van der Waals surface area contributed by atoms with Crippen LogP contribution in [-0.2, 0) is 0 Å². The molecule has 2 saturated carbocycles. The molecule has 2 aliphatic carbocycles. The van der Waals surface area contributed by atoms with Crippen LogP contribution in [0.15, 0.2) is 0 Å². The van der Waals surface area contributed by atoms with Crippen molar-refractivity contribution in [1.29, 1.82) is 0 Å². The smallest absolute Gasteiger partial charge is 0.0448 e. The van der Waals surface area contributed by atoms with Gasteiger partial charge in [0, 0.05) is 9.52 Å². The van der Waals surface area contributed by atoms with Crippen LogP contribution >= 0.6 is 0 Å². The van der Waals surface area contributed by atoms with E-state index >= 15 is 0 Å². The lowest BCUT2D eigenvalue weighted by atomic mass is 10.00. The molecular formula is C16H30Si. The van der Waals surface area contributed by atoms with E-state index in [0.717, 1.165) is 11.1 Å². The third-order valence-electron chi connectivity index (χ3n) is 4.68. The average molecular weight is 251 g/mol. The summed E-state index contributed by atoms with van der Waals surface area (Å²) in [6.07, 6.45) is 21.5. The lowest BCUT2D eigenvalue weighted by Crippen LogP contribution is -2.14. The van der Waals surface area contributed by atoms with E-state index in [0.29, 0.717) is 0 Å². The van der Waals surface area contributed by atoms with E-state index in [4.69, 9.17) is 0 Å². The fraction of sp³-hybridized carbons (Fsp3) is 1.00. The molecule has 2 radical (unpaired) electrons. The fourth-order valence-corrected chi connectivity index (χ4v) is 5.73. The van der Waals surface area contributed by atoms with Crippen molar-refractivity contribution in [2.45, 2.75) is 101 Å². The second-order valence-corrected chi connectivity index (χ2v) is 8.22. The Bertz CT molecular complexity index is 154. The monoisotopic (exact) mass is 250 g/mol. The molecular weight excluding hydrogens is 220 g/mol. The fourth-order valence-electron chi connectivity index (χ4n) is 3.58. The summed E-state index contributed by atoms with van der Waals surface area (Å²) >= 11 is 0. The van der Waals surface area contributed by atoms with Crippen LogP contribution in [0.25, 0.3) is 0 Å². The Morgan fingerprint density at radius 3 is 1.06 bits per heavy atom. The predicted octanol–water partition coefficient (Wildman–Crippen LogP) is 5.76. The van der Waals surface area contributed by atoms with Crippen LogP contribution < -0.4 is 0 Å². The Morgan fingerprint density at radius 2 is 0.706 bits per heavy atom. The molecule has 0 bridgehead atoms. The Balaban J connectivity index is 1.72. The highest BCUT2D eigenvalue weighted by molar-refractivity contribution is 6.39. The first-order chi connectivity index (χ1) is 8.45. The van der Waals surface area contributed by atoms with Crippen molar-refractivity contribution in [3.05, 3.63) is 0 Å². The first-order valence-electron chi connectivity index (χ1n) is 8.21. The molecule has 2 fully saturated rings. The predicted molar refractivity (Wildman–Crippen MR) is 77.9 cm³/mol. The van der Waals surface area contributed by atoms with Crippen molar-refractivity contribution in [3.63, 3.8) is 0 Å². The standard InChI is InChI=1S/C16H30Si/c1-3-7-11-15(12-8-4-1)17-16-13-9-5-2-6-10-14-16/h15-16H,1-14H2. The molecule has 0 aromatic rings. The van der Waals surface area contributed by atoms with Crippen molar-refractivity contribution < 1.29 is 0 Å². The van der Waals surface area contributed by atoms with E-state index in [2.05, 4.69) is 0 Å². The van der Waals surface area contributed by atoms with Gasteiger partial charge in [0.2, 0.25) is 0 Å². The molecule has 0 unspecified atom stereocenters. The molecule has 0 atom stereocenters. The number of hydrogen-bond acceptors (Lipinski definition) is 0. The Hall–Kier alpha value is 0.217. The zero-order valence-corrected chi connectivity index (χ0v) is 12.6. The van der Waals surface area contributed by atoms with E-state index in [-0.39, 0.29) is 0 Å². The first-order valence-corrected chi connectivity index (χ1v) is 9.37. The summed E-state index contributed by atoms with van der Waals surface area (Å²) in [5.74, 6) is 0. The number of hydrogen-bond donors (Lipinski definition) is 0. The van der Waals surface area contributed by atoms with Crippen LogP contribution in [-0.4, -0.2) is 9.52 Å². The largest absolute Gasteiger partial charge is 0.0533 e. The summed E-state index contributed by atoms with van der Waals surface area (Å²) in [5, 5.41) is 0. The average Bonchev–Trinajstić information content (AvgIpc) is 2.24. The van der Waals surface area contributed by atoms with E-state index in [1.165, 1.54) is 73.7 Å². The molecule has 0 heterocycles. The van der Waals surface area contributed by atoms with Crippen LogP contribution in [0, 0.1) is 0 Å². The maximum Gasteiger partial charge on any atom is 0.0448 e. The summed E-state index contributed by atoms with van der Waals surface area (Å²) in [5.41, 5.74) is 2.25. The highest BCUT2D eigenvalue weighted by Gasteiger charge is 2.19. The molecule has 1 heteroatoms. The Morgan fingerprint density at radius 1 is 0.412 bits per heavy atom. The molecule has 98 valence electrons. The highest BCUT2D eigenvalue weighted by atomic mass is 28.2. The van der Waals surface area contributed by atoms with Crippen molar-refractivity contribution in [3.8, 4) is 0 Å². The quantitative estimate of drug-likeness (QED) is 0.547. The third kappa shape index (κ3) is 5.59. The zero-order chi connectivity index (χ0) is 11.8. The van der Waals surface area contributed by atoms with Crippen molar-refractivity contribution in [2.24, 2.45) is 0 Å². The molecule has 0 aliphatic heterocycles. The summed E-state index contributed by atoms with van der Waals surface area (Å²) in [7, 11) is 1.32. The van der Waals surface area contributed by atoms with Gasteiger partial charge in [0.25, 0.3) is 0 Å². The minimum Gasteiger partial charge on any atom is -0.0533 e. The maximum atomic E-state index is 1.56. The minimum absolute atomic E-state index is 1.12. The van der Waals surface area contributed by atoms with Crippen LogP contribution in [0.2, 0.25) is 11.1 Å². The molecule has 0 amide bonds. The summed E-state index contributed by atoms with van der Waals surface area (Å²) in [4.78, 5) is 0. The molecule has 0 spiro atoms. The van der Waals surface area contributed by atoms with Gasteiger partial charge < -0.3 is 0 Å². The van der Waals surface area contributed by atoms with Gasteiger partial charge in [-0.2, -0.15) is 0 Å².